The van der Waals surface area contributed by atoms with Gasteiger partial charge in [-0.3, -0.25) is 10.0 Å². The molecule has 1 aromatic carbocycles. The highest BCUT2D eigenvalue weighted by Gasteiger charge is 2.30. The highest BCUT2D eigenvalue weighted by atomic mass is 35.5. The number of aliphatic hydroxyl groups is 1. The third-order valence-electron chi connectivity index (χ3n) is 4.20. The van der Waals surface area contributed by atoms with Gasteiger partial charge in [-0.05, 0) is 37.5 Å². The number of benzene rings is 1. The first-order valence-corrected chi connectivity index (χ1v) is 8.23. The summed E-state index contributed by atoms with van der Waals surface area (Å²) in [6, 6.07) is 5.90. The van der Waals surface area contributed by atoms with E-state index in [1.54, 1.807) is 4.90 Å². The lowest BCUT2D eigenvalue weighted by Gasteiger charge is -2.34. The first-order valence-electron chi connectivity index (χ1n) is 7.85. The number of likely N-dealkylation sites (tertiary alicyclic amines) is 1. The van der Waals surface area contributed by atoms with E-state index in [0.29, 0.717) is 18.1 Å². The molecule has 1 aliphatic rings. The Morgan fingerprint density at radius 2 is 2.00 bits per heavy atom. The quantitative estimate of drug-likeness (QED) is 0.485. The first-order chi connectivity index (χ1) is 11.4. The molecule has 1 unspecified atom stereocenters. The number of hydrogen-bond donors (Lipinski definition) is 4. The summed E-state index contributed by atoms with van der Waals surface area (Å²) in [6.07, 6.45) is 0.673. The van der Waals surface area contributed by atoms with Gasteiger partial charge in [0, 0.05) is 24.0 Å². The number of carbonyl (C=O) groups excluding carboxylic acids is 2. The zero-order chi connectivity index (χ0) is 17.7. The van der Waals surface area contributed by atoms with E-state index in [1.807, 2.05) is 24.3 Å². The van der Waals surface area contributed by atoms with Crippen LogP contribution in [0.15, 0.2) is 24.3 Å². The van der Waals surface area contributed by atoms with E-state index >= 15 is 0 Å². The Morgan fingerprint density at radius 3 is 2.58 bits per heavy atom. The van der Waals surface area contributed by atoms with Crippen LogP contribution in [0.25, 0.3) is 0 Å². The predicted octanol–water partition coefficient (Wildman–Crippen LogP) is 1.48. The van der Waals surface area contributed by atoms with Gasteiger partial charge in [0.2, 0.25) is 0 Å². The number of nitrogens with one attached hydrogen (secondary N) is 2. The predicted molar refractivity (Wildman–Crippen MR) is 88.9 cm³/mol. The van der Waals surface area contributed by atoms with Crippen molar-refractivity contribution in [2.75, 3.05) is 13.1 Å². The third-order valence-corrected chi connectivity index (χ3v) is 4.46. The van der Waals surface area contributed by atoms with Crippen LogP contribution in [0.1, 0.15) is 31.2 Å². The van der Waals surface area contributed by atoms with Crippen LogP contribution in [-0.4, -0.2) is 52.4 Å². The molecule has 0 aromatic heterocycles. The fraction of sp³-hybridized carbons (Fsp3) is 0.500. The lowest BCUT2D eigenvalue weighted by atomic mass is 9.91. The van der Waals surface area contributed by atoms with Crippen molar-refractivity contribution >= 4 is 23.5 Å². The van der Waals surface area contributed by atoms with Crippen molar-refractivity contribution in [3.63, 3.8) is 0 Å². The van der Waals surface area contributed by atoms with Gasteiger partial charge < -0.3 is 15.3 Å². The molecule has 0 spiro atoms. The van der Waals surface area contributed by atoms with E-state index in [0.717, 1.165) is 18.4 Å². The maximum Gasteiger partial charge on any atom is 0.318 e. The van der Waals surface area contributed by atoms with Gasteiger partial charge in [-0.1, -0.05) is 23.7 Å². The molecule has 3 atom stereocenters. The molecule has 7 nitrogen and oxygen atoms in total. The van der Waals surface area contributed by atoms with Crippen LogP contribution in [0.4, 0.5) is 4.79 Å². The van der Waals surface area contributed by atoms with Gasteiger partial charge >= 0.3 is 6.03 Å². The fourth-order valence-electron chi connectivity index (χ4n) is 2.87. The molecular formula is C16H22ClN3O4. The molecule has 1 heterocycles. The summed E-state index contributed by atoms with van der Waals surface area (Å²) >= 11 is 5.90. The molecule has 0 radical (unpaired) electrons. The second kappa shape index (κ2) is 8.32. The van der Waals surface area contributed by atoms with E-state index in [4.69, 9.17) is 16.8 Å². The van der Waals surface area contributed by atoms with Crippen molar-refractivity contribution in [2.24, 2.45) is 0 Å². The normalized spacial score (nSPS) is 20.2. The van der Waals surface area contributed by atoms with Crippen LogP contribution in [0.5, 0.6) is 0 Å². The highest BCUT2D eigenvalue weighted by molar-refractivity contribution is 6.30. The van der Waals surface area contributed by atoms with Gasteiger partial charge in [0.1, 0.15) is 6.04 Å². The van der Waals surface area contributed by atoms with Crippen molar-refractivity contribution in [1.82, 2.24) is 15.7 Å². The third kappa shape index (κ3) is 4.59. The summed E-state index contributed by atoms with van der Waals surface area (Å²) in [4.78, 5) is 25.5. The molecule has 0 bridgehead atoms. The van der Waals surface area contributed by atoms with Crippen molar-refractivity contribution in [3.8, 4) is 0 Å². The Kier molecular flexibility index (Phi) is 6.42. The zero-order valence-corrected chi connectivity index (χ0v) is 14.2. The van der Waals surface area contributed by atoms with Gasteiger partial charge in [0.15, 0.2) is 0 Å². The molecule has 1 aromatic rings. The number of rotatable bonds is 4. The fourth-order valence-corrected chi connectivity index (χ4v) is 2.99. The lowest BCUT2D eigenvalue weighted by Crippen LogP contribution is -2.56. The Balaban J connectivity index is 2.01. The van der Waals surface area contributed by atoms with Crippen LogP contribution in [0.2, 0.25) is 5.02 Å². The van der Waals surface area contributed by atoms with Crippen LogP contribution >= 0.6 is 11.6 Å². The Morgan fingerprint density at radius 1 is 1.33 bits per heavy atom. The van der Waals surface area contributed by atoms with Gasteiger partial charge in [0.25, 0.3) is 5.91 Å². The molecule has 8 heteroatoms. The monoisotopic (exact) mass is 355 g/mol. The molecule has 132 valence electrons. The number of piperidine rings is 1. The topological polar surface area (TPSA) is 102 Å². The molecule has 2 rings (SSSR count). The number of nitrogens with zero attached hydrogens (tertiary/aromatic N) is 1. The van der Waals surface area contributed by atoms with Crippen molar-refractivity contribution in [2.45, 2.75) is 37.8 Å². The van der Waals surface area contributed by atoms with Crippen molar-refractivity contribution in [3.05, 3.63) is 34.9 Å². The first kappa shape index (κ1) is 18.5. The van der Waals surface area contributed by atoms with Crippen LogP contribution in [0, 0.1) is 0 Å². The minimum atomic E-state index is -1.21. The van der Waals surface area contributed by atoms with E-state index in [-0.39, 0.29) is 5.92 Å². The molecule has 1 fully saturated rings. The van der Waals surface area contributed by atoms with Crippen molar-refractivity contribution < 1.29 is 19.9 Å². The Labute approximate surface area is 145 Å². The SMILES string of the molecule is C[C@H](O)[C@H](NC(=O)N1CCCC(c2ccc(Cl)cc2)C1)C(=O)NO. The zero-order valence-electron chi connectivity index (χ0n) is 13.4. The number of halogens is 1. The van der Waals surface area contributed by atoms with Crippen LogP contribution in [0.3, 0.4) is 0 Å². The van der Waals surface area contributed by atoms with Gasteiger partial charge in [0.05, 0.1) is 6.10 Å². The van der Waals surface area contributed by atoms with E-state index < -0.39 is 24.1 Å². The second-order valence-corrected chi connectivity index (χ2v) is 6.42. The lowest BCUT2D eigenvalue weighted by molar-refractivity contribution is -0.133. The van der Waals surface area contributed by atoms with E-state index in [2.05, 4.69) is 5.32 Å². The van der Waals surface area contributed by atoms with Gasteiger partial charge in [-0.15, -0.1) is 0 Å². The summed E-state index contributed by atoms with van der Waals surface area (Å²) in [5.41, 5.74) is 2.56. The number of hydroxylamine groups is 1. The molecule has 1 saturated heterocycles. The number of urea groups is 1. The number of hydrogen-bond acceptors (Lipinski definition) is 4. The molecular weight excluding hydrogens is 334 g/mol. The Hall–Kier alpha value is -1.83. The molecule has 0 aliphatic carbocycles. The molecule has 1 aliphatic heterocycles. The maximum absolute atomic E-state index is 12.4. The summed E-state index contributed by atoms with van der Waals surface area (Å²) in [6.45, 7) is 2.46. The van der Waals surface area contributed by atoms with Crippen molar-refractivity contribution in [1.29, 1.82) is 0 Å². The summed E-state index contributed by atoms with van der Waals surface area (Å²) < 4.78 is 0. The standard InChI is InChI=1S/C16H22ClN3O4/c1-10(21)14(15(22)19-24)18-16(23)20-8-2-3-12(9-20)11-4-6-13(17)7-5-11/h4-7,10,12,14,21,24H,2-3,8-9H2,1H3,(H,18,23)(H,19,22)/t10-,12?,14-/m0/s1. The van der Waals surface area contributed by atoms with Crippen LogP contribution in [-0.2, 0) is 4.79 Å². The van der Waals surface area contributed by atoms with Gasteiger partial charge in [-0.2, -0.15) is 0 Å². The van der Waals surface area contributed by atoms with Gasteiger partial charge in [-0.25, -0.2) is 10.3 Å². The maximum atomic E-state index is 12.4. The molecule has 3 amide bonds. The van der Waals surface area contributed by atoms with Crippen LogP contribution < -0.4 is 10.8 Å². The average Bonchev–Trinajstić information content (AvgIpc) is 2.59. The minimum absolute atomic E-state index is 0.193. The number of aliphatic hydroxyl groups excluding tert-OH is 1. The summed E-state index contributed by atoms with van der Waals surface area (Å²) in [5, 5.41) is 21.4. The Bertz CT molecular complexity index is 579. The number of carbonyl (C=O) groups is 2. The molecule has 4 N–H and O–H groups in total. The largest absolute Gasteiger partial charge is 0.391 e. The minimum Gasteiger partial charge on any atom is -0.391 e. The van der Waals surface area contributed by atoms with E-state index in [9.17, 15) is 14.7 Å². The molecule has 24 heavy (non-hydrogen) atoms. The summed E-state index contributed by atoms with van der Waals surface area (Å²) in [7, 11) is 0. The van der Waals surface area contributed by atoms with E-state index in [1.165, 1.54) is 12.4 Å². The smallest absolute Gasteiger partial charge is 0.318 e. The average molecular weight is 356 g/mol. The summed E-state index contributed by atoms with van der Waals surface area (Å²) in [5.74, 6) is -0.664. The second-order valence-electron chi connectivity index (χ2n) is 5.98. The number of amides is 3. The highest BCUT2D eigenvalue weighted by Crippen LogP contribution is 2.27. The molecule has 0 saturated carbocycles.